The molecule has 1 aliphatic heterocycles. The minimum Gasteiger partial charge on any atom is -0.465 e. The second-order valence-electron chi connectivity index (χ2n) is 5.15. The summed E-state index contributed by atoms with van der Waals surface area (Å²) in [7, 11) is 2.98. The van der Waals surface area contributed by atoms with Crippen LogP contribution in [-0.4, -0.2) is 39.3 Å². The number of piperidine rings is 1. The van der Waals surface area contributed by atoms with Crippen LogP contribution < -0.4 is 10.2 Å². The number of nitrogens with one attached hydrogen (secondary N) is 1. The van der Waals surface area contributed by atoms with Gasteiger partial charge in [-0.15, -0.1) is 0 Å². The lowest BCUT2D eigenvalue weighted by Crippen LogP contribution is -2.45. The summed E-state index contributed by atoms with van der Waals surface area (Å²) in [6.45, 7) is 1.39. The molecule has 21 heavy (non-hydrogen) atoms. The van der Waals surface area contributed by atoms with Gasteiger partial charge in [0.25, 0.3) is 0 Å². The summed E-state index contributed by atoms with van der Waals surface area (Å²) in [5.41, 5.74) is -0.166. The number of carbonyl (C=O) groups excluding carboxylic acids is 1. The van der Waals surface area contributed by atoms with Crippen molar-refractivity contribution in [1.29, 1.82) is 0 Å². The number of halogens is 2. The largest absolute Gasteiger partial charge is 0.465 e. The molecule has 1 N–H and O–H groups in total. The van der Waals surface area contributed by atoms with Crippen molar-refractivity contribution in [3.63, 3.8) is 0 Å². The number of ether oxygens (including phenoxy) is 1. The van der Waals surface area contributed by atoms with Gasteiger partial charge >= 0.3 is 5.97 Å². The number of anilines is 1. The second kappa shape index (κ2) is 6.85. The van der Waals surface area contributed by atoms with E-state index < -0.39 is 17.6 Å². The minimum absolute atomic E-state index is 0.127. The van der Waals surface area contributed by atoms with Gasteiger partial charge in [-0.25, -0.2) is 13.6 Å². The maximum atomic E-state index is 14.3. The fourth-order valence-electron chi connectivity index (χ4n) is 2.79. The predicted molar refractivity (Wildman–Crippen MR) is 76.6 cm³/mol. The van der Waals surface area contributed by atoms with Crippen molar-refractivity contribution < 1.29 is 18.3 Å². The maximum absolute atomic E-state index is 14.3. The van der Waals surface area contributed by atoms with Crippen LogP contribution in [0.2, 0.25) is 0 Å². The van der Waals surface area contributed by atoms with Crippen LogP contribution >= 0.6 is 0 Å². The number of nitrogens with zero attached hydrogens (tertiary/aromatic N) is 1. The van der Waals surface area contributed by atoms with Crippen LogP contribution in [0.25, 0.3) is 0 Å². The van der Waals surface area contributed by atoms with Gasteiger partial charge < -0.3 is 15.0 Å². The van der Waals surface area contributed by atoms with Gasteiger partial charge in [0.1, 0.15) is 0 Å². The maximum Gasteiger partial charge on any atom is 0.340 e. The molecule has 0 amide bonds. The molecule has 6 heteroatoms. The zero-order chi connectivity index (χ0) is 15.4. The zero-order valence-corrected chi connectivity index (χ0v) is 12.3. The topological polar surface area (TPSA) is 41.6 Å². The van der Waals surface area contributed by atoms with E-state index in [4.69, 9.17) is 0 Å². The van der Waals surface area contributed by atoms with E-state index in [0.717, 1.165) is 26.4 Å². The molecule has 1 aromatic carbocycles. The molecule has 0 bridgehead atoms. The first-order valence-electron chi connectivity index (χ1n) is 7.07. The van der Waals surface area contributed by atoms with E-state index in [2.05, 4.69) is 10.1 Å². The first-order valence-corrected chi connectivity index (χ1v) is 7.07. The molecule has 0 saturated carbocycles. The number of likely N-dealkylation sites (N-methyl/N-ethyl adjacent to an activating group) is 1. The van der Waals surface area contributed by atoms with Crippen molar-refractivity contribution in [3.8, 4) is 0 Å². The Kier molecular flexibility index (Phi) is 5.12. The molecule has 1 saturated heterocycles. The highest BCUT2D eigenvalue weighted by Crippen LogP contribution is 2.29. The Labute approximate surface area is 123 Å². The Morgan fingerprint density at radius 3 is 2.81 bits per heavy atom. The fraction of sp³-hybridized carbons (Fsp3) is 0.533. The van der Waals surface area contributed by atoms with Gasteiger partial charge in [0.05, 0.1) is 18.4 Å². The molecule has 0 aromatic heterocycles. The van der Waals surface area contributed by atoms with E-state index in [9.17, 15) is 13.6 Å². The van der Waals surface area contributed by atoms with Gasteiger partial charge in [-0.2, -0.15) is 0 Å². The zero-order valence-electron chi connectivity index (χ0n) is 12.3. The van der Waals surface area contributed by atoms with Crippen molar-refractivity contribution in [1.82, 2.24) is 5.32 Å². The summed E-state index contributed by atoms with van der Waals surface area (Å²) in [6, 6.07) is 2.87. The summed E-state index contributed by atoms with van der Waals surface area (Å²) < 4.78 is 32.8. The molecule has 1 unspecified atom stereocenters. The summed E-state index contributed by atoms with van der Waals surface area (Å²) in [5.74, 6) is -3.00. The van der Waals surface area contributed by atoms with Crippen LogP contribution in [0, 0.1) is 11.6 Å². The molecule has 2 rings (SSSR count). The van der Waals surface area contributed by atoms with Crippen LogP contribution in [0.15, 0.2) is 12.1 Å². The minimum atomic E-state index is -1.15. The average Bonchev–Trinajstić information content (AvgIpc) is 2.50. The molecule has 0 spiro atoms. The number of hydrogen-bond acceptors (Lipinski definition) is 4. The van der Waals surface area contributed by atoms with Crippen molar-refractivity contribution in [3.05, 3.63) is 29.3 Å². The van der Waals surface area contributed by atoms with Gasteiger partial charge in [0.2, 0.25) is 0 Å². The Hall–Kier alpha value is -1.69. The third kappa shape index (κ3) is 3.15. The van der Waals surface area contributed by atoms with E-state index in [0.29, 0.717) is 13.1 Å². The molecule has 0 radical (unpaired) electrons. The van der Waals surface area contributed by atoms with Gasteiger partial charge in [-0.3, -0.25) is 0 Å². The highest BCUT2D eigenvalue weighted by Gasteiger charge is 2.27. The molecule has 1 fully saturated rings. The SMILES string of the molecule is CNCC1CCCCN1c1ccc(C(=O)OC)c(F)c1F. The first kappa shape index (κ1) is 15.7. The van der Waals surface area contributed by atoms with E-state index in [1.54, 1.807) is 0 Å². The molecule has 116 valence electrons. The van der Waals surface area contributed by atoms with Crippen LogP contribution in [0.4, 0.5) is 14.5 Å². The van der Waals surface area contributed by atoms with E-state index in [-0.39, 0.29) is 17.3 Å². The van der Waals surface area contributed by atoms with Gasteiger partial charge in [-0.05, 0) is 38.4 Å². The number of benzene rings is 1. The lowest BCUT2D eigenvalue weighted by atomic mass is 10.0. The van der Waals surface area contributed by atoms with E-state index in [1.807, 2.05) is 11.9 Å². The van der Waals surface area contributed by atoms with Crippen molar-refractivity contribution >= 4 is 11.7 Å². The number of hydrogen-bond donors (Lipinski definition) is 1. The standard InChI is InChI=1S/C15H20F2N2O2/c1-18-9-10-5-3-4-8-19(10)12-7-6-11(15(20)21-2)13(16)14(12)17/h6-7,10,18H,3-5,8-9H2,1-2H3. The molecule has 0 aliphatic carbocycles. The van der Waals surface area contributed by atoms with Crippen LogP contribution in [0.5, 0.6) is 0 Å². The van der Waals surface area contributed by atoms with E-state index >= 15 is 0 Å². The molecule has 1 heterocycles. The van der Waals surface area contributed by atoms with Gasteiger partial charge in [0.15, 0.2) is 11.6 Å². The van der Waals surface area contributed by atoms with Crippen LogP contribution in [0.3, 0.4) is 0 Å². The lowest BCUT2D eigenvalue weighted by molar-refractivity contribution is 0.0594. The molecule has 1 aromatic rings. The monoisotopic (exact) mass is 298 g/mol. The Bertz CT molecular complexity index is 521. The van der Waals surface area contributed by atoms with Crippen molar-refractivity contribution in [2.24, 2.45) is 0 Å². The highest BCUT2D eigenvalue weighted by atomic mass is 19.2. The van der Waals surface area contributed by atoms with Crippen molar-refractivity contribution in [2.45, 2.75) is 25.3 Å². The fourth-order valence-corrected chi connectivity index (χ4v) is 2.79. The molecule has 1 atom stereocenters. The summed E-state index contributed by atoms with van der Waals surface area (Å²) in [5, 5.41) is 3.08. The average molecular weight is 298 g/mol. The van der Waals surface area contributed by atoms with Crippen LogP contribution in [-0.2, 0) is 4.74 Å². The summed E-state index contributed by atoms with van der Waals surface area (Å²) in [4.78, 5) is 13.3. The lowest BCUT2D eigenvalue weighted by Gasteiger charge is -2.37. The van der Waals surface area contributed by atoms with E-state index in [1.165, 1.54) is 12.1 Å². The normalized spacial score (nSPS) is 18.7. The smallest absolute Gasteiger partial charge is 0.340 e. The van der Waals surface area contributed by atoms with Gasteiger partial charge in [0, 0.05) is 19.1 Å². The van der Waals surface area contributed by atoms with Gasteiger partial charge in [-0.1, -0.05) is 0 Å². The molecule has 4 nitrogen and oxygen atoms in total. The highest BCUT2D eigenvalue weighted by molar-refractivity contribution is 5.90. The number of carbonyl (C=O) groups is 1. The third-order valence-corrected chi connectivity index (χ3v) is 3.84. The number of methoxy groups -OCH3 is 1. The van der Waals surface area contributed by atoms with Crippen molar-refractivity contribution in [2.75, 3.05) is 32.1 Å². The summed E-state index contributed by atoms with van der Waals surface area (Å²) >= 11 is 0. The van der Waals surface area contributed by atoms with Crippen LogP contribution in [0.1, 0.15) is 29.6 Å². The molecular formula is C15H20F2N2O2. The third-order valence-electron chi connectivity index (χ3n) is 3.84. The molecule has 1 aliphatic rings. The predicted octanol–water partition coefficient (Wildman–Crippen LogP) is 2.33. The first-order chi connectivity index (χ1) is 10.1. The Morgan fingerprint density at radius 1 is 1.38 bits per heavy atom. The number of rotatable bonds is 4. The number of esters is 1. The Balaban J connectivity index is 2.35. The second-order valence-corrected chi connectivity index (χ2v) is 5.15. The Morgan fingerprint density at radius 2 is 2.14 bits per heavy atom. The summed E-state index contributed by atoms with van der Waals surface area (Å²) in [6.07, 6.45) is 2.95. The molecular weight excluding hydrogens is 278 g/mol. The quantitative estimate of drug-likeness (QED) is 0.866.